The van der Waals surface area contributed by atoms with Crippen molar-refractivity contribution in [3.05, 3.63) is 63.6 Å². The Morgan fingerprint density at radius 3 is 2.68 bits per heavy atom. The predicted molar refractivity (Wildman–Crippen MR) is 92.4 cm³/mol. The number of benzene rings is 2. The zero-order valence-corrected chi connectivity index (χ0v) is 14.5. The second kappa shape index (κ2) is 8.20. The van der Waals surface area contributed by atoms with Crippen LogP contribution < -0.4 is 10.1 Å². The van der Waals surface area contributed by atoms with Gasteiger partial charge < -0.3 is 10.1 Å². The van der Waals surface area contributed by atoms with Crippen LogP contribution in [0.3, 0.4) is 0 Å². The standard InChI is InChI=1S/C17H17BrClNO2/c1-12(22-16-7-5-14(18)6-8-16)17(21)20-10-9-13-3-2-4-15(19)11-13/h2-8,11-12H,9-10H2,1H3,(H,20,21). The topological polar surface area (TPSA) is 38.3 Å². The van der Waals surface area contributed by atoms with Gasteiger partial charge in [-0.2, -0.15) is 0 Å². The van der Waals surface area contributed by atoms with E-state index in [0.717, 1.165) is 16.5 Å². The van der Waals surface area contributed by atoms with Crippen LogP contribution in [0.25, 0.3) is 0 Å². The van der Waals surface area contributed by atoms with E-state index in [9.17, 15) is 4.79 Å². The number of halogens is 2. The van der Waals surface area contributed by atoms with Crippen LogP contribution >= 0.6 is 27.5 Å². The molecular formula is C17H17BrClNO2. The average molecular weight is 383 g/mol. The van der Waals surface area contributed by atoms with E-state index in [2.05, 4.69) is 21.2 Å². The molecule has 0 bridgehead atoms. The van der Waals surface area contributed by atoms with Gasteiger partial charge in [-0.1, -0.05) is 39.7 Å². The smallest absolute Gasteiger partial charge is 0.260 e. The first-order chi connectivity index (χ1) is 10.5. The lowest BCUT2D eigenvalue weighted by Crippen LogP contribution is -2.37. The lowest BCUT2D eigenvalue weighted by atomic mass is 10.1. The molecule has 2 rings (SSSR count). The maximum atomic E-state index is 12.0. The first-order valence-corrected chi connectivity index (χ1v) is 8.16. The molecule has 0 aliphatic rings. The van der Waals surface area contributed by atoms with Gasteiger partial charge in [-0.05, 0) is 55.3 Å². The Morgan fingerprint density at radius 1 is 1.27 bits per heavy atom. The summed E-state index contributed by atoms with van der Waals surface area (Å²) in [5, 5.41) is 3.57. The normalized spacial score (nSPS) is 11.8. The van der Waals surface area contributed by atoms with Crippen molar-refractivity contribution in [1.82, 2.24) is 5.32 Å². The number of ether oxygens (including phenoxy) is 1. The van der Waals surface area contributed by atoms with E-state index in [1.807, 2.05) is 48.5 Å². The quantitative estimate of drug-likeness (QED) is 0.812. The summed E-state index contributed by atoms with van der Waals surface area (Å²) in [5.74, 6) is 0.533. The maximum absolute atomic E-state index is 12.0. The molecule has 22 heavy (non-hydrogen) atoms. The lowest BCUT2D eigenvalue weighted by Gasteiger charge is -2.14. The molecule has 0 spiro atoms. The molecule has 5 heteroatoms. The summed E-state index contributed by atoms with van der Waals surface area (Å²) < 4.78 is 6.57. The van der Waals surface area contributed by atoms with Crippen LogP contribution in [0.4, 0.5) is 0 Å². The molecule has 0 radical (unpaired) electrons. The van der Waals surface area contributed by atoms with Crippen LogP contribution in [-0.2, 0) is 11.2 Å². The van der Waals surface area contributed by atoms with E-state index < -0.39 is 6.10 Å². The van der Waals surface area contributed by atoms with Crippen LogP contribution in [0.5, 0.6) is 5.75 Å². The minimum Gasteiger partial charge on any atom is -0.481 e. The molecule has 2 aromatic rings. The summed E-state index contributed by atoms with van der Waals surface area (Å²) in [5.41, 5.74) is 1.09. The molecular weight excluding hydrogens is 366 g/mol. The molecule has 116 valence electrons. The Kier molecular flexibility index (Phi) is 6.28. The third kappa shape index (κ3) is 5.35. The average Bonchev–Trinajstić information content (AvgIpc) is 2.49. The summed E-state index contributed by atoms with van der Waals surface area (Å²) in [6.45, 7) is 2.28. The molecule has 0 saturated heterocycles. The van der Waals surface area contributed by atoms with E-state index in [1.54, 1.807) is 6.92 Å². The number of nitrogens with one attached hydrogen (secondary N) is 1. The third-order valence-corrected chi connectivity index (χ3v) is 3.86. The van der Waals surface area contributed by atoms with Gasteiger partial charge in [0.05, 0.1) is 0 Å². The van der Waals surface area contributed by atoms with Gasteiger partial charge in [0.2, 0.25) is 0 Å². The molecule has 0 aliphatic heterocycles. The molecule has 0 aliphatic carbocycles. The summed E-state index contributed by atoms with van der Waals surface area (Å²) in [6.07, 6.45) is 0.192. The van der Waals surface area contributed by atoms with Gasteiger partial charge in [-0.25, -0.2) is 0 Å². The summed E-state index contributed by atoms with van der Waals surface area (Å²) in [6, 6.07) is 15.0. The Balaban J connectivity index is 1.77. The molecule has 0 fully saturated rings. The highest BCUT2D eigenvalue weighted by Crippen LogP contribution is 2.17. The van der Waals surface area contributed by atoms with Crippen molar-refractivity contribution in [2.75, 3.05) is 6.54 Å². The lowest BCUT2D eigenvalue weighted by molar-refractivity contribution is -0.127. The Bertz CT molecular complexity index is 631. The molecule has 1 atom stereocenters. The molecule has 1 amide bonds. The van der Waals surface area contributed by atoms with Crippen molar-refractivity contribution in [2.45, 2.75) is 19.4 Å². The molecule has 0 aromatic heterocycles. The van der Waals surface area contributed by atoms with Crippen LogP contribution in [-0.4, -0.2) is 18.6 Å². The van der Waals surface area contributed by atoms with E-state index in [1.165, 1.54) is 0 Å². The number of rotatable bonds is 6. The van der Waals surface area contributed by atoms with Gasteiger partial charge >= 0.3 is 0 Å². The fourth-order valence-electron chi connectivity index (χ4n) is 1.94. The van der Waals surface area contributed by atoms with Gasteiger partial charge in [-0.15, -0.1) is 0 Å². The monoisotopic (exact) mass is 381 g/mol. The van der Waals surface area contributed by atoms with E-state index in [-0.39, 0.29) is 5.91 Å². The van der Waals surface area contributed by atoms with Gasteiger partial charge in [0, 0.05) is 16.0 Å². The van der Waals surface area contributed by atoms with Crippen molar-refractivity contribution >= 4 is 33.4 Å². The Hall–Kier alpha value is -1.52. The molecule has 2 aromatic carbocycles. The first-order valence-electron chi connectivity index (χ1n) is 6.99. The van der Waals surface area contributed by atoms with Crippen molar-refractivity contribution in [3.8, 4) is 5.75 Å². The highest BCUT2D eigenvalue weighted by atomic mass is 79.9. The fraction of sp³-hybridized carbons (Fsp3) is 0.235. The number of hydrogen-bond acceptors (Lipinski definition) is 2. The predicted octanol–water partition coefficient (Wildman–Crippen LogP) is 4.23. The number of hydrogen-bond donors (Lipinski definition) is 1. The van der Waals surface area contributed by atoms with Crippen LogP contribution in [0.15, 0.2) is 53.0 Å². The highest BCUT2D eigenvalue weighted by molar-refractivity contribution is 9.10. The van der Waals surface area contributed by atoms with Gasteiger partial charge in [-0.3, -0.25) is 4.79 Å². The zero-order valence-electron chi connectivity index (χ0n) is 12.2. The Labute approximate surface area is 143 Å². The molecule has 1 N–H and O–H groups in total. The van der Waals surface area contributed by atoms with Crippen molar-refractivity contribution in [1.29, 1.82) is 0 Å². The van der Waals surface area contributed by atoms with Crippen LogP contribution in [0.2, 0.25) is 5.02 Å². The van der Waals surface area contributed by atoms with Gasteiger partial charge in [0.25, 0.3) is 5.91 Å². The summed E-state index contributed by atoms with van der Waals surface area (Å²) in [4.78, 5) is 12.0. The molecule has 0 heterocycles. The third-order valence-electron chi connectivity index (χ3n) is 3.10. The molecule has 1 unspecified atom stereocenters. The first kappa shape index (κ1) is 16.8. The fourth-order valence-corrected chi connectivity index (χ4v) is 2.41. The van der Waals surface area contributed by atoms with Crippen LogP contribution in [0.1, 0.15) is 12.5 Å². The minimum atomic E-state index is -0.541. The van der Waals surface area contributed by atoms with Gasteiger partial charge in [0.1, 0.15) is 5.75 Å². The number of amides is 1. The summed E-state index contributed by atoms with van der Waals surface area (Å²) >= 11 is 9.29. The molecule has 0 saturated carbocycles. The number of carbonyl (C=O) groups excluding carboxylic acids is 1. The SMILES string of the molecule is CC(Oc1ccc(Br)cc1)C(=O)NCCc1cccc(Cl)c1. The Morgan fingerprint density at radius 2 is 2.00 bits per heavy atom. The van der Waals surface area contributed by atoms with Crippen molar-refractivity contribution in [2.24, 2.45) is 0 Å². The summed E-state index contributed by atoms with van der Waals surface area (Å²) in [7, 11) is 0. The van der Waals surface area contributed by atoms with Gasteiger partial charge in [0.15, 0.2) is 6.10 Å². The second-order valence-electron chi connectivity index (χ2n) is 4.88. The van der Waals surface area contributed by atoms with Crippen molar-refractivity contribution in [3.63, 3.8) is 0 Å². The van der Waals surface area contributed by atoms with E-state index >= 15 is 0 Å². The minimum absolute atomic E-state index is 0.134. The molecule has 3 nitrogen and oxygen atoms in total. The second-order valence-corrected chi connectivity index (χ2v) is 6.24. The largest absolute Gasteiger partial charge is 0.481 e. The van der Waals surface area contributed by atoms with E-state index in [0.29, 0.717) is 17.3 Å². The van der Waals surface area contributed by atoms with Crippen molar-refractivity contribution < 1.29 is 9.53 Å². The number of carbonyl (C=O) groups is 1. The zero-order chi connectivity index (χ0) is 15.9. The van der Waals surface area contributed by atoms with Crippen LogP contribution in [0, 0.1) is 0 Å². The van der Waals surface area contributed by atoms with E-state index in [4.69, 9.17) is 16.3 Å². The highest BCUT2D eigenvalue weighted by Gasteiger charge is 2.13. The maximum Gasteiger partial charge on any atom is 0.260 e.